The Labute approximate surface area is 117 Å². The van der Waals surface area contributed by atoms with Crippen LogP contribution in [-0.2, 0) is 11.3 Å². The standard InChI is InChI=1S/C13H20N4O3/c1-9(2)13(11(18)19)3-4-17(8-13)12(20)14-5-10-6-15-16-7-10/h6-7,9H,3-5,8H2,1-2H3,(H,14,20)(H,15,16)(H,18,19). The van der Waals surface area contributed by atoms with Gasteiger partial charge in [0.05, 0.1) is 11.6 Å². The van der Waals surface area contributed by atoms with Crippen LogP contribution in [0.3, 0.4) is 0 Å². The van der Waals surface area contributed by atoms with E-state index >= 15 is 0 Å². The van der Waals surface area contributed by atoms with Gasteiger partial charge in [-0.3, -0.25) is 9.89 Å². The lowest BCUT2D eigenvalue weighted by molar-refractivity contribution is -0.150. The van der Waals surface area contributed by atoms with Crippen LogP contribution in [0.1, 0.15) is 25.8 Å². The highest BCUT2D eigenvalue weighted by molar-refractivity contribution is 5.80. The van der Waals surface area contributed by atoms with E-state index in [0.29, 0.717) is 19.5 Å². The summed E-state index contributed by atoms with van der Waals surface area (Å²) >= 11 is 0. The smallest absolute Gasteiger partial charge is 0.317 e. The lowest BCUT2D eigenvalue weighted by atomic mass is 9.76. The number of carboxylic acids is 1. The third-order valence-corrected chi connectivity index (χ3v) is 4.12. The minimum absolute atomic E-state index is 0.00771. The first kappa shape index (κ1) is 14.4. The molecule has 2 heterocycles. The molecule has 1 aliphatic heterocycles. The van der Waals surface area contributed by atoms with Gasteiger partial charge in [-0.2, -0.15) is 5.10 Å². The van der Waals surface area contributed by atoms with Crippen LogP contribution in [-0.4, -0.2) is 45.3 Å². The van der Waals surface area contributed by atoms with E-state index in [9.17, 15) is 14.7 Å². The number of rotatable bonds is 4. The molecule has 3 N–H and O–H groups in total. The van der Waals surface area contributed by atoms with Crippen molar-refractivity contribution >= 4 is 12.0 Å². The second-order valence-electron chi connectivity index (χ2n) is 5.55. The molecule has 1 unspecified atom stereocenters. The third-order valence-electron chi connectivity index (χ3n) is 4.12. The minimum atomic E-state index is -0.826. The van der Waals surface area contributed by atoms with E-state index in [1.54, 1.807) is 17.3 Å². The first-order valence-electron chi connectivity index (χ1n) is 6.69. The van der Waals surface area contributed by atoms with Gasteiger partial charge in [0, 0.05) is 31.4 Å². The number of hydrogen-bond acceptors (Lipinski definition) is 3. The Bertz CT molecular complexity index is 486. The number of aliphatic carboxylic acids is 1. The molecule has 0 aliphatic carbocycles. The minimum Gasteiger partial charge on any atom is -0.481 e. The van der Waals surface area contributed by atoms with Gasteiger partial charge in [0.1, 0.15) is 0 Å². The van der Waals surface area contributed by atoms with Crippen LogP contribution in [0.15, 0.2) is 12.4 Å². The quantitative estimate of drug-likeness (QED) is 0.767. The Balaban J connectivity index is 1.94. The molecule has 7 nitrogen and oxygen atoms in total. The number of aromatic nitrogens is 2. The Morgan fingerprint density at radius 3 is 2.85 bits per heavy atom. The molecule has 1 atom stereocenters. The summed E-state index contributed by atoms with van der Waals surface area (Å²) in [5, 5.41) is 18.7. The lowest BCUT2D eigenvalue weighted by Crippen LogP contribution is -2.43. The van der Waals surface area contributed by atoms with E-state index in [0.717, 1.165) is 5.56 Å². The number of amides is 2. The molecule has 0 spiro atoms. The highest BCUT2D eigenvalue weighted by Crippen LogP contribution is 2.38. The van der Waals surface area contributed by atoms with E-state index < -0.39 is 11.4 Å². The summed E-state index contributed by atoms with van der Waals surface area (Å²) in [7, 11) is 0. The van der Waals surface area contributed by atoms with Gasteiger partial charge >= 0.3 is 12.0 Å². The van der Waals surface area contributed by atoms with E-state index in [1.807, 2.05) is 13.8 Å². The molecule has 20 heavy (non-hydrogen) atoms. The number of hydrogen-bond donors (Lipinski definition) is 3. The molecule has 1 fully saturated rings. The molecular formula is C13H20N4O3. The van der Waals surface area contributed by atoms with Gasteiger partial charge < -0.3 is 15.3 Å². The number of carboxylic acid groups (broad SMARTS) is 1. The number of carbonyl (C=O) groups excluding carboxylic acids is 1. The first-order valence-corrected chi connectivity index (χ1v) is 6.69. The molecule has 0 saturated carbocycles. The number of H-pyrrole nitrogens is 1. The number of carbonyl (C=O) groups is 2. The number of nitrogens with zero attached hydrogens (tertiary/aromatic N) is 2. The van der Waals surface area contributed by atoms with Crippen molar-refractivity contribution in [3.05, 3.63) is 18.0 Å². The average Bonchev–Trinajstić information content (AvgIpc) is 3.05. The van der Waals surface area contributed by atoms with Crippen LogP contribution < -0.4 is 5.32 Å². The predicted molar refractivity (Wildman–Crippen MR) is 71.9 cm³/mol. The van der Waals surface area contributed by atoms with Crippen LogP contribution in [0.2, 0.25) is 0 Å². The summed E-state index contributed by atoms with van der Waals surface area (Å²) in [4.78, 5) is 25.1. The molecule has 1 aromatic rings. The number of aromatic amines is 1. The normalized spacial score (nSPS) is 22.2. The predicted octanol–water partition coefficient (Wildman–Crippen LogP) is 1.05. The molecular weight excluding hydrogens is 260 g/mol. The van der Waals surface area contributed by atoms with Gasteiger partial charge in [-0.05, 0) is 12.3 Å². The van der Waals surface area contributed by atoms with Crippen molar-refractivity contribution in [3.8, 4) is 0 Å². The number of urea groups is 1. The monoisotopic (exact) mass is 280 g/mol. The van der Waals surface area contributed by atoms with Crippen molar-refractivity contribution in [2.75, 3.05) is 13.1 Å². The first-order chi connectivity index (χ1) is 9.45. The van der Waals surface area contributed by atoms with Crippen LogP contribution in [0.5, 0.6) is 0 Å². The molecule has 2 amide bonds. The van der Waals surface area contributed by atoms with Gasteiger partial charge in [-0.25, -0.2) is 4.79 Å². The third kappa shape index (κ3) is 2.61. The maximum Gasteiger partial charge on any atom is 0.317 e. The fraction of sp³-hybridized carbons (Fsp3) is 0.615. The molecule has 0 radical (unpaired) electrons. The topological polar surface area (TPSA) is 98.3 Å². The van der Waals surface area contributed by atoms with E-state index in [-0.39, 0.29) is 18.5 Å². The molecule has 0 aromatic carbocycles. The summed E-state index contributed by atoms with van der Waals surface area (Å²) in [5.74, 6) is -0.829. The van der Waals surface area contributed by atoms with Crippen LogP contribution in [0.4, 0.5) is 4.79 Å². The zero-order valence-electron chi connectivity index (χ0n) is 11.7. The molecule has 2 rings (SSSR count). The van der Waals surface area contributed by atoms with Gasteiger partial charge in [0.25, 0.3) is 0 Å². The van der Waals surface area contributed by atoms with Crippen molar-refractivity contribution in [2.45, 2.75) is 26.8 Å². The summed E-state index contributed by atoms with van der Waals surface area (Å²) in [5.41, 5.74) is 0.0541. The molecule has 7 heteroatoms. The molecule has 1 aliphatic rings. The molecule has 1 saturated heterocycles. The van der Waals surface area contributed by atoms with Crippen molar-refractivity contribution in [3.63, 3.8) is 0 Å². The fourth-order valence-corrected chi connectivity index (χ4v) is 2.56. The lowest BCUT2D eigenvalue weighted by Gasteiger charge is -2.28. The Hall–Kier alpha value is -2.05. The number of likely N-dealkylation sites (tertiary alicyclic amines) is 1. The van der Waals surface area contributed by atoms with Gasteiger partial charge in [-0.1, -0.05) is 13.8 Å². The highest BCUT2D eigenvalue weighted by atomic mass is 16.4. The molecule has 1 aromatic heterocycles. The fourth-order valence-electron chi connectivity index (χ4n) is 2.56. The summed E-state index contributed by atoms with van der Waals surface area (Å²) in [6.45, 7) is 4.90. The van der Waals surface area contributed by atoms with Gasteiger partial charge in [0.15, 0.2) is 0 Å². The largest absolute Gasteiger partial charge is 0.481 e. The van der Waals surface area contributed by atoms with Gasteiger partial charge in [0.2, 0.25) is 0 Å². The van der Waals surface area contributed by atoms with E-state index in [2.05, 4.69) is 15.5 Å². The second kappa shape index (κ2) is 5.52. The Kier molecular flexibility index (Phi) is 3.96. The Morgan fingerprint density at radius 1 is 1.60 bits per heavy atom. The van der Waals surface area contributed by atoms with E-state index in [4.69, 9.17) is 0 Å². The Morgan fingerprint density at radius 2 is 2.35 bits per heavy atom. The van der Waals surface area contributed by atoms with E-state index in [1.165, 1.54) is 0 Å². The van der Waals surface area contributed by atoms with Crippen LogP contribution >= 0.6 is 0 Å². The summed E-state index contributed by atoms with van der Waals surface area (Å²) < 4.78 is 0. The molecule has 110 valence electrons. The van der Waals surface area contributed by atoms with Crippen LogP contribution in [0.25, 0.3) is 0 Å². The average molecular weight is 280 g/mol. The van der Waals surface area contributed by atoms with Crippen LogP contribution in [0, 0.1) is 11.3 Å². The SMILES string of the molecule is CC(C)C1(C(=O)O)CCN(C(=O)NCc2cn[nH]c2)C1. The second-order valence-corrected chi connectivity index (χ2v) is 5.55. The zero-order valence-corrected chi connectivity index (χ0v) is 11.7. The van der Waals surface area contributed by atoms with Crippen molar-refractivity contribution in [1.29, 1.82) is 0 Å². The van der Waals surface area contributed by atoms with Crippen molar-refractivity contribution in [1.82, 2.24) is 20.4 Å². The van der Waals surface area contributed by atoms with Crippen molar-refractivity contribution < 1.29 is 14.7 Å². The maximum atomic E-state index is 12.1. The highest BCUT2D eigenvalue weighted by Gasteiger charge is 2.48. The summed E-state index contributed by atoms with van der Waals surface area (Å²) in [6.07, 6.45) is 3.85. The maximum absolute atomic E-state index is 12.1. The summed E-state index contributed by atoms with van der Waals surface area (Å²) in [6, 6.07) is -0.227. The van der Waals surface area contributed by atoms with Crippen molar-refractivity contribution in [2.24, 2.45) is 11.3 Å². The number of nitrogens with one attached hydrogen (secondary N) is 2. The van der Waals surface area contributed by atoms with Gasteiger partial charge in [-0.15, -0.1) is 0 Å². The zero-order chi connectivity index (χ0) is 14.8. The molecule has 0 bridgehead atoms.